The van der Waals surface area contributed by atoms with E-state index < -0.39 is 165 Å². The van der Waals surface area contributed by atoms with Gasteiger partial charge in [-0.05, 0) is 32.1 Å². The van der Waals surface area contributed by atoms with Crippen LogP contribution in [-0.2, 0) is 76.2 Å². The molecule has 0 spiro atoms. The molecule has 0 aromatic rings. The van der Waals surface area contributed by atoms with E-state index in [0.29, 0.717) is 12.1 Å². The third-order valence-electron chi connectivity index (χ3n) is 13.6. The first-order valence-electron chi connectivity index (χ1n) is 28.7. The molecule has 86 heavy (non-hydrogen) atoms. The van der Waals surface area contributed by atoms with Gasteiger partial charge in [-0.2, -0.15) is 0 Å². The summed E-state index contributed by atoms with van der Waals surface area (Å²) in [6, 6.07) is -5.74. The van der Waals surface area contributed by atoms with Crippen molar-refractivity contribution in [3.8, 4) is 0 Å². The third-order valence-corrected chi connectivity index (χ3v) is 13.6. The summed E-state index contributed by atoms with van der Waals surface area (Å²) in [5, 5.41) is 112. The average molecular weight is 1240 g/mol. The molecule has 3 fully saturated rings. The fourth-order valence-corrected chi connectivity index (χ4v) is 9.00. The van der Waals surface area contributed by atoms with Gasteiger partial charge in [-0.1, -0.05) is 20.4 Å². The van der Waals surface area contributed by atoms with Gasteiger partial charge in [0.2, 0.25) is 41.4 Å². The summed E-state index contributed by atoms with van der Waals surface area (Å²) in [5.41, 5.74) is 0.455. The van der Waals surface area contributed by atoms with E-state index in [1.54, 1.807) is 6.92 Å². The van der Waals surface area contributed by atoms with Crippen molar-refractivity contribution in [3.63, 3.8) is 0 Å². The molecular formula is C53H94N8O25. The molecule has 0 aliphatic carbocycles. The van der Waals surface area contributed by atoms with E-state index >= 15 is 0 Å². The Balaban J connectivity index is 1.57. The maximum absolute atomic E-state index is 13.6. The number of ether oxygens (including phenoxy) is 9. The second kappa shape index (κ2) is 40.6. The molecule has 0 aromatic heterocycles. The quantitative estimate of drug-likeness (QED) is 0.0253. The highest BCUT2D eigenvalue weighted by Crippen LogP contribution is 2.25. The molecule has 17 N–H and O–H groups in total. The molecule has 33 heteroatoms. The number of aliphatic hydroxyl groups is 9. The topological polar surface area (TPSA) is 481 Å². The zero-order chi connectivity index (χ0) is 63.9. The lowest BCUT2D eigenvalue weighted by Gasteiger charge is -2.42. The van der Waals surface area contributed by atoms with E-state index in [4.69, 9.17) is 42.6 Å². The van der Waals surface area contributed by atoms with Crippen LogP contribution in [0.2, 0.25) is 0 Å². The van der Waals surface area contributed by atoms with Crippen molar-refractivity contribution >= 4 is 41.4 Å². The predicted octanol–water partition coefficient (Wildman–Crippen LogP) is -7.78. The summed E-state index contributed by atoms with van der Waals surface area (Å²) in [6.45, 7) is 9.10. The van der Waals surface area contributed by atoms with Crippen molar-refractivity contribution in [2.24, 2.45) is 5.92 Å². The maximum atomic E-state index is 13.6. The van der Waals surface area contributed by atoms with Gasteiger partial charge in [-0.15, -0.1) is 0 Å². The summed E-state index contributed by atoms with van der Waals surface area (Å²) in [7, 11) is 0. The highest BCUT2D eigenvalue weighted by molar-refractivity contribution is 5.90. The molecule has 3 saturated heterocycles. The molecule has 17 unspecified atom stereocenters. The smallest absolute Gasteiger partial charge is 0.242 e. The minimum absolute atomic E-state index is 0.00638. The Bertz CT molecular complexity index is 2070. The molecule has 7 amide bonds. The molecule has 496 valence electrons. The van der Waals surface area contributed by atoms with E-state index in [-0.39, 0.29) is 117 Å². The fourth-order valence-electron chi connectivity index (χ4n) is 9.00. The third kappa shape index (κ3) is 26.8. The van der Waals surface area contributed by atoms with Crippen LogP contribution in [0.3, 0.4) is 0 Å². The molecular weight excluding hydrogens is 1150 g/mol. The Morgan fingerprint density at radius 2 is 0.767 bits per heavy atom. The highest BCUT2D eigenvalue weighted by Gasteiger charge is 2.47. The normalized spacial score (nSPS) is 28.1. The summed E-state index contributed by atoms with van der Waals surface area (Å²) < 4.78 is 50.4. The molecule has 0 bridgehead atoms. The Morgan fingerprint density at radius 1 is 0.442 bits per heavy atom. The standard InChI is InChI=1S/C53H94N8O25/c1-28(2)7-10-38(68)60-33(50(77)56-15-18-80-21-24-83-53-42(59-31(6)66)48(75)45(72)36(27-64)86-53)9-12-39(69)61-32(49(76)55-14-17-79-20-22-81-51-40(57-29(3)4)46(73)43(70)34(25-62)84-51)8-11-37(67)54-13-16-78-19-23-82-52-41(58-30(5)65)47(74)44(71)35(26-63)85-52/h28,32-36,40-48,51-53,57,62-64,70-75H,3,7-27H2,1-2,4-6H3,(H,54,67)(H,55,76)(H,56,77)(H,58,65)(H,59,66)(H,60,68)(H,61,69). The number of nitrogens with one attached hydrogen (secondary N) is 8. The minimum atomic E-state index is -1.51. The molecule has 3 aliphatic heterocycles. The second-order valence-electron chi connectivity index (χ2n) is 21.2. The number of hydrogen-bond donors (Lipinski definition) is 17. The fraction of sp³-hybridized carbons (Fsp3) is 0.830. The summed E-state index contributed by atoms with van der Waals surface area (Å²) >= 11 is 0. The van der Waals surface area contributed by atoms with E-state index in [1.807, 2.05) is 13.8 Å². The lowest BCUT2D eigenvalue weighted by molar-refractivity contribution is -0.272. The second-order valence-corrected chi connectivity index (χ2v) is 21.2. The van der Waals surface area contributed by atoms with Crippen molar-refractivity contribution in [2.45, 2.75) is 177 Å². The van der Waals surface area contributed by atoms with Gasteiger partial charge in [0.15, 0.2) is 18.9 Å². The van der Waals surface area contributed by atoms with Crippen LogP contribution in [0.25, 0.3) is 0 Å². The van der Waals surface area contributed by atoms with Crippen LogP contribution < -0.4 is 42.5 Å². The van der Waals surface area contributed by atoms with Crippen molar-refractivity contribution < 1.29 is 122 Å². The van der Waals surface area contributed by atoms with Crippen molar-refractivity contribution in [1.82, 2.24) is 42.5 Å². The molecule has 3 heterocycles. The zero-order valence-corrected chi connectivity index (χ0v) is 49.5. The lowest BCUT2D eigenvalue weighted by atomic mass is 9.97. The van der Waals surface area contributed by atoms with Crippen LogP contribution >= 0.6 is 0 Å². The van der Waals surface area contributed by atoms with Gasteiger partial charge in [0.1, 0.15) is 85.1 Å². The number of allylic oxidation sites excluding steroid dienone is 1. The van der Waals surface area contributed by atoms with Crippen LogP contribution in [0.5, 0.6) is 0 Å². The van der Waals surface area contributed by atoms with Crippen LogP contribution in [0, 0.1) is 5.92 Å². The van der Waals surface area contributed by atoms with E-state index in [1.165, 1.54) is 13.8 Å². The number of hydrogen-bond acceptors (Lipinski definition) is 26. The number of carbonyl (C=O) groups excluding carboxylic acids is 7. The molecule has 17 atom stereocenters. The van der Waals surface area contributed by atoms with Gasteiger partial charge < -0.3 is 131 Å². The lowest BCUT2D eigenvalue weighted by Crippen LogP contribution is -2.64. The predicted molar refractivity (Wildman–Crippen MR) is 296 cm³/mol. The summed E-state index contributed by atoms with van der Waals surface area (Å²) in [6.07, 6.45) is -16.3. The van der Waals surface area contributed by atoms with Crippen molar-refractivity contribution in [3.05, 3.63) is 12.3 Å². The van der Waals surface area contributed by atoms with E-state index in [2.05, 4.69) is 49.1 Å². The van der Waals surface area contributed by atoms with Crippen LogP contribution in [0.4, 0.5) is 0 Å². The van der Waals surface area contributed by atoms with E-state index in [9.17, 15) is 79.5 Å². The van der Waals surface area contributed by atoms with Crippen molar-refractivity contribution in [2.75, 3.05) is 98.9 Å². The van der Waals surface area contributed by atoms with Gasteiger partial charge in [-0.3, -0.25) is 33.6 Å². The highest BCUT2D eigenvalue weighted by atomic mass is 16.7. The Morgan fingerprint density at radius 3 is 1.09 bits per heavy atom. The number of rotatable bonds is 41. The summed E-state index contributed by atoms with van der Waals surface area (Å²) in [5.74, 6) is -3.90. The monoisotopic (exact) mass is 1240 g/mol. The van der Waals surface area contributed by atoms with Crippen molar-refractivity contribution in [1.29, 1.82) is 0 Å². The summed E-state index contributed by atoms with van der Waals surface area (Å²) in [4.78, 5) is 90.2. The molecule has 3 rings (SSSR count). The SMILES string of the molecule is C=C(C)NC1C(OCCOCCNC(=O)C(CCC(=O)NCCOCCOC2OC(CO)C(O)C(O)C2NC(C)=O)NC(=O)CCC(NC(=O)CCC(C)C)C(=O)NCCOCCOC2OC(CO)C(O)C(O)C2NC(C)=O)OC(CO)C(O)C1O. The largest absolute Gasteiger partial charge is 0.394 e. The van der Waals surface area contributed by atoms with E-state index in [0.717, 1.165) is 0 Å². The first-order valence-corrected chi connectivity index (χ1v) is 28.7. The number of amides is 7. The average Bonchev–Trinajstić information content (AvgIpc) is 2.33. The van der Waals surface area contributed by atoms with Crippen LogP contribution in [-0.4, -0.2) is 290 Å². The Hall–Kier alpha value is -4.89. The van der Waals surface area contributed by atoms with Gasteiger partial charge in [0.25, 0.3) is 0 Å². The van der Waals surface area contributed by atoms with Gasteiger partial charge in [-0.25, -0.2) is 0 Å². The van der Waals surface area contributed by atoms with Gasteiger partial charge in [0.05, 0.1) is 79.3 Å². The Kier molecular flexibility index (Phi) is 35.6. The van der Waals surface area contributed by atoms with Gasteiger partial charge >= 0.3 is 0 Å². The first-order chi connectivity index (χ1) is 40.9. The molecule has 3 aliphatic rings. The molecule has 0 aromatic carbocycles. The van der Waals surface area contributed by atoms with Crippen LogP contribution in [0.1, 0.15) is 73.1 Å². The number of aliphatic hydroxyl groups excluding tert-OH is 9. The minimum Gasteiger partial charge on any atom is -0.394 e. The van der Waals surface area contributed by atoms with Gasteiger partial charge in [0, 0.05) is 58.4 Å². The molecule has 0 radical (unpaired) electrons. The van der Waals surface area contributed by atoms with Crippen LogP contribution in [0.15, 0.2) is 12.3 Å². The zero-order valence-electron chi connectivity index (χ0n) is 49.5. The molecule has 33 nitrogen and oxygen atoms in total. The number of carbonyl (C=O) groups is 7. The maximum Gasteiger partial charge on any atom is 0.242 e. The first kappa shape index (κ1) is 75.4. The molecule has 0 saturated carbocycles. The Labute approximate surface area is 499 Å².